The molecule has 0 saturated carbocycles. The molecule has 148 valence electrons. The molecule has 1 fully saturated rings. The van der Waals surface area contributed by atoms with Gasteiger partial charge in [0.2, 0.25) is 0 Å². The van der Waals surface area contributed by atoms with Crippen LogP contribution in [0.15, 0.2) is 42.9 Å². The molecule has 0 spiro atoms. The van der Waals surface area contributed by atoms with Crippen LogP contribution in [0.1, 0.15) is 38.3 Å². The highest BCUT2D eigenvalue weighted by molar-refractivity contribution is 5.79. The number of aryl methyl sites for hydroxylation is 2. The second-order valence-electron chi connectivity index (χ2n) is 7.93. The number of likely N-dealkylation sites (tertiary alicyclic amines) is 1. The Kier molecular flexibility index (Phi) is 5.62. The average molecular weight is 378 g/mol. The highest BCUT2D eigenvalue weighted by Gasteiger charge is 2.23. The largest absolute Gasteiger partial charge is 0.330 e. The van der Waals surface area contributed by atoms with Crippen LogP contribution in [0, 0.1) is 6.92 Å². The van der Waals surface area contributed by atoms with E-state index in [-0.39, 0.29) is 0 Å². The lowest BCUT2D eigenvalue weighted by atomic mass is 10.0. The zero-order valence-corrected chi connectivity index (χ0v) is 17.3. The van der Waals surface area contributed by atoms with Crippen molar-refractivity contribution < 1.29 is 0 Å². The van der Waals surface area contributed by atoms with E-state index in [1.54, 1.807) is 0 Å². The van der Waals surface area contributed by atoms with Crippen molar-refractivity contribution in [2.45, 2.75) is 58.7 Å². The van der Waals surface area contributed by atoms with Crippen molar-refractivity contribution in [3.05, 3.63) is 48.5 Å². The number of nitrogens with zero attached hydrogens (tertiary/aromatic N) is 5. The summed E-state index contributed by atoms with van der Waals surface area (Å²) in [7, 11) is 2.25. The summed E-state index contributed by atoms with van der Waals surface area (Å²) in [6, 6.07) is 11.2. The summed E-state index contributed by atoms with van der Waals surface area (Å²) in [5.41, 5.74) is 5.84. The molecule has 0 amide bonds. The topological polar surface area (TPSA) is 38.9 Å². The van der Waals surface area contributed by atoms with Crippen LogP contribution in [0.4, 0.5) is 0 Å². The van der Waals surface area contributed by atoms with E-state index < -0.39 is 0 Å². The summed E-state index contributed by atoms with van der Waals surface area (Å²) in [5.74, 6) is 0. The Morgan fingerprint density at radius 2 is 1.96 bits per heavy atom. The van der Waals surface area contributed by atoms with Crippen LogP contribution in [0.2, 0.25) is 0 Å². The number of aromatic nitrogens is 4. The van der Waals surface area contributed by atoms with Gasteiger partial charge in [-0.2, -0.15) is 5.10 Å². The molecule has 2 aromatic heterocycles. The summed E-state index contributed by atoms with van der Waals surface area (Å²) in [4.78, 5) is 7.33. The Morgan fingerprint density at radius 1 is 1.14 bits per heavy atom. The van der Waals surface area contributed by atoms with Gasteiger partial charge in [-0.25, -0.2) is 4.98 Å². The minimum absolute atomic E-state index is 0.680. The summed E-state index contributed by atoms with van der Waals surface area (Å²) in [6.07, 6.45) is 8.91. The predicted octanol–water partition coefficient (Wildman–Crippen LogP) is 4.62. The molecule has 5 heteroatoms. The molecule has 1 aliphatic rings. The fourth-order valence-corrected chi connectivity index (χ4v) is 4.39. The molecule has 28 heavy (non-hydrogen) atoms. The number of imidazole rings is 1. The first kappa shape index (κ1) is 18.9. The molecule has 0 aliphatic carbocycles. The van der Waals surface area contributed by atoms with Gasteiger partial charge in [-0.15, -0.1) is 0 Å². The lowest BCUT2D eigenvalue weighted by molar-refractivity contribution is 0.286. The molecule has 3 heterocycles. The van der Waals surface area contributed by atoms with Crippen LogP contribution in [0.3, 0.4) is 0 Å². The van der Waals surface area contributed by atoms with Crippen LogP contribution in [0.25, 0.3) is 22.5 Å². The number of hydrogen-bond donors (Lipinski definition) is 0. The third-order valence-electron chi connectivity index (χ3n) is 6.05. The van der Waals surface area contributed by atoms with Crippen molar-refractivity contribution in [1.82, 2.24) is 24.2 Å². The van der Waals surface area contributed by atoms with E-state index in [4.69, 9.17) is 4.98 Å². The lowest BCUT2D eigenvalue weighted by Gasteiger charge is -2.20. The Morgan fingerprint density at radius 3 is 2.68 bits per heavy atom. The van der Waals surface area contributed by atoms with Crippen molar-refractivity contribution in [2.75, 3.05) is 13.6 Å². The number of hydrogen-bond acceptors (Lipinski definition) is 3. The molecule has 1 saturated heterocycles. The number of rotatable bonds is 7. The Balaban J connectivity index is 1.71. The predicted molar refractivity (Wildman–Crippen MR) is 114 cm³/mol. The summed E-state index contributed by atoms with van der Waals surface area (Å²) in [5, 5.41) is 4.65. The van der Waals surface area contributed by atoms with Crippen molar-refractivity contribution in [3.63, 3.8) is 0 Å². The van der Waals surface area contributed by atoms with E-state index >= 15 is 0 Å². The third-order valence-corrected chi connectivity index (χ3v) is 6.05. The lowest BCUT2D eigenvalue weighted by Crippen LogP contribution is -2.26. The first-order valence-corrected chi connectivity index (χ1v) is 10.5. The first-order chi connectivity index (χ1) is 13.7. The SMILES string of the molecule is CCCn1ncc(-c2c(-c3ccccc3)ncn2CC[C@H]2CCCN2C)c1C. The minimum Gasteiger partial charge on any atom is -0.330 e. The quantitative estimate of drug-likeness (QED) is 0.603. The maximum atomic E-state index is 4.84. The highest BCUT2D eigenvalue weighted by atomic mass is 15.3. The minimum atomic E-state index is 0.680. The van der Waals surface area contributed by atoms with Gasteiger partial charge >= 0.3 is 0 Å². The molecule has 4 rings (SSSR count). The zero-order chi connectivity index (χ0) is 19.5. The fraction of sp³-hybridized carbons (Fsp3) is 0.478. The van der Waals surface area contributed by atoms with Gasteiger partial charge in [0.05, 0.1) is 23.9 Å². The molecule has 5 nitrogen and oxygen atoms in total. The Hall–Kier alpha value is -2.40. The van der Waals surface area contributed by atoms with Crippen molar-refractivity contribution in [1.29, 1.82) is 0 Å². The van der Waals surface area contributed by atoms with Gasteiger partial charge in [0.25, 0.3) is 0 Å². The van der Waals surface area contributed by atoms with Gasteiger partial charge in [-0.1, -0.05) is 37.3 Å². The van der Waals surface area contributed by atoms with Crippen molar-refractivity contribution in [2.24, 2.45) is 0 Å². The molecule has 1 aromatic carbocycles. The smallest absolute Gasteiger partial charge is 0.0964 e. The van der Waals surface area contributed by atoms with Crippen LogP contribution in [-0.2, 0) is 13.1 Å². The van der Waals surface area contributed by atoms with E-state index in [0.717, 1.165) is 37.2 Å². The molecule has 0 bridgehead atoms. The van der Waals surface area contributed by atoms with Gasteiger partial charge in [0, 0.05) is 36.0 Å². The second-order valence-corrected chi connectivity index (χ2v) is 7.93. The Bertz CT molecular complexity index is 908. The molecule has 0 N–H and O–H groups in total. The maximum absolute atomic E-state index is 4.84. The van der Waals surface area contributed by atoms with Gasteiger partial charge in [0.1, 0.15) is 0 Å². The van der Waals surface area contributed by atoms with E-state index in [2.05, 4.69) is 70.5 Å². The van der Waals surface area contributed by atoms with Crippen molar-refractivity contribution in [3.8, 4) is 22.5 Å². The van der Waals surface area contributed by atoms with Gasteiger partial charge in [-0.05, 0) is 46.2 Å². The third kappa shape index (κ3) is 3.63. The average Bonchev–Trinajstić information content (AvgIpc) is 3.41. The first-order valence-electron chi connectivity index (χ1n) is 10.5. The fourth-order valence-electron chi connectivity index (χ4n) is 4.39. The monoisotopic (exact) mass is 377 g/mol. The van der Waals surface area contributed by atoms with E-state index in [9.17, 15) is 0 Å². The van der Waals surface area contributed by atoms with Crippen molar-refractivity contribution >= 4 is 0 Å². The van der Waals surface area contributed by atoms with Crippen LogP contribution >= 0.6 is 0 Å². The molecule has 0 unspecified atom stereocenters. The maximum Gasteiger partial charge on any atom is 0.0964 e. The molecule has 1 atom stereocenters. The second kappa shape index (κ2) is 8.31. The van der Waals surface area contributed by atoms with E-state index in [0.29, 0.717) is 6.04 Å². The Labute approximate surface area is 168 Å². The summed E-state index contributed by atoms with van der Waals surface area (Å²) < 4.78 is 4.46. The molecule has 0 radical (unpaired) electrons. The van der Waals surface area contributed by atoms with E-state index in [1.165, 1.54) is 36.3 Å². The standard InChI is InChI=1S/C23H31N5/c1-4-13-28-18(2)21(16-25-28)23-22(19-9-6-5-7-10-19)24-17-27(23)15-12-20-11-8-14-26(20)3/h5-7,9-10,16-17,20H,4,8,11-15H2,1-3H3/t20-/m1/s1. The molecular formula is C23H31N5. The highest BCUT2D eigenvalue weighted by Crippen LogP contribution is 2.33. The van der Waals surface area contributed by atoms with Crippen LogP contribution in [0.5, 0.6) is 0 Å². The van der Waals surface area contributed by atoms with Crippen LogP contribution in [-0.4, -0.2) is 43.9 Å². The van der Waals surface area contributed by atoms with Gasteiger partial charge < -0.3 is 9.47 Å². The summed E-state index contributed by atoms with van der Waals surface area (Å²) in [6.45, 7) is 7.53. The van der Waals surface area contributed by atoms with Gasteiger partial charge in [0.15, 0.2) is 0 Å². The summed E-state index contributed by atoms with van der Waals surface area (Å²) >= 11 is 0. The molecule has 1 aliphatic heterocycles. The normalized spacial score (nSPS) is 17.5. The zero-order valence-electron chi connectivity index (χ0n) is 17.3. The molecular weight excluding hydrogens is 346 g/mol. The van der Waals surface area contributed by atoms with Crippen LogP contribution < -0.4 is 0 Å². The molecule has 3 aromatic rings. The van der Waals surface area contributed by atoms with E-state index in [1.807, 2.05) is 12.5 Å². The number of benzene rings is 1. The van der Waals surface area contributed by atoms with Gasteiger partial charge in [-0.3, -0.25) is 4.68 Å².